The molecule has 0 bridgehead atoms. The number of nitrogens with one attached hydrogen (secondary N) is 2. The van der Waals surface area contributed by atoms with Gasteiger partial charge in [0, 0.05) is 23.8 Å². The normalized spacial score (nSPS) is 9.89. The predicted molar refractivity (Wildman–Crippen MR) is 101 cm³/mol. The Kier molecular flexibility index (Phi) is 6.91. The highest BCUT2D eigenvalue weighted by molar-refractivity contribution is 6.01. The highest BCUT2D eigenvalue weighted by atomic mass is 16.5. The van der Waals surface area contributed by atoms with E-state index < -0.39 is 11.8 Å². The quantitative estimate of drug-likeness (QED) is 0.695. The van der Waals surface area contributed by atoms with E-state index in [1.807, 2.05) is 0 Å². The van der Waals surface area contributed by atoms with Crippen molar-refractivity contribution in [2.24, 2.45) is 0 Å². The van der Waals surface area contributed by atoms with Crippen LogP contribution in [0, 0.1) is 0 Å². The molecule has 0 saturated carbocycles. The second-order valence-electron chi connectivity index (χ2n) is 5.42. The summed E-state index contributed by atoms with van der Waals surface area (Å²) in [5.41, 5.74) is 5.08. The van der Waals surface area contributed by atoms with Crippen LogP contribution in [0.1, 0.15) is 20.7 Å². The van der Waals surface area contributed by atoms with Gasteiger partial charge in [-0.15, -0.1) is 0 Å². The maximum Gasteiger partial charge on any atom is 0.273 e. The zero-order valence-corrected chi connectivity index (χ0v) is 16.2. The maximum absolute atomic E-state index is 12.5. The molecule has 0 atom stereocenters. The van der Waals surface area contributed by atoms with Crippen LogP contribution in [-0.4, -0.2) is 47.4 Å². The third kappa shape index (κ3) is 4.56. The van der Waals surface area contributed by atoms with Crippen molar-refractivity contribution in [3.8, 4) is 28.7 Å². The monoisotopic (exact) mass is 390 g/mol. The number of amides is 2. The molecule has 0 aromatic heterocycles. The number of hydrogen-bond donors (Lipinski definition) is 2. The number of benzene rings is 2. The minimum Gasteiger partial charge on any atom is -0.497 e. The summed E-state index contributed by atoms with van der Waals surface area (Å²) in [5.74, 6) is 0.744. The zero-order chi connectivity index (χ0) is 20.7. The SMILES string of the molecule is COc1cc(OC)cc(C(=O)NNC(=O)c2cc(OC)c(OC)cc2OC)c1. The largest absolute Gasteiger partial charge is 0.497 e. The lowest BCUT2D eigenvalue weighted by Crippen LogP contribution is -2.41. The molecule has 2 amide bonds. The Morgan fingerprint density at radius 2 is 1.11 bits per heavy atom. The van der Waals surface area contributed by atoms with Crippen LogP contribution < -0.4 is 34.5 Å². The van der Waals surface area contributed by atoms with Crippen molar-refractivity contribution in [2.75, 3.05) is 35.5 Å². The Hall–Kier alpha value is -3.62. The highest BCUT2D eigenvalue weighted by Crippen LogP contribution is 2.34. The number of hydrogen-bond acceptors (Lipinski definition) is 7. The van der Waals surface area contributed by atoms with Crippen molar-refractivity contribution in [3.05, 3.63) is 41.5 Å². The highest BCUT2D eigenvalue weighted by Gasteiger charge is 2.19. The third-order valence-corrected chi connectivity index (χ3v) is 3.85. The molecule has 28 heavy (non-hydrogen) atoms. The summed E-state index contributed by atoms with van der Waals surface area (Å²) in [6, 6.07) is 7.63. The van der Waals surface area contributed by atoms with Crippen LogP contribution in [0.5, 0.6) is 28.7 Å². The van der Waals surface area contributed by atoms with E-state index in [1.54, 1.807) is 6.07 Å². The van der Waals surface area contributed by atoms with Crippen LogP contribution in [-0.2, 0) is 0 Å². The van der Waals surface area contributed by atoms with Crippen LogP contribution in [0.3, 0.4) is 0 Å². The van der Waals surface area contributed by atoms with Gasteiger partial charge in [-0.2, -0.15) is 0 Å². The van der Waals surface area contributed by atoms with E-state index in [0.29, 0.717) is 23.0 Å². The molecule has 0 unspecified atom stereocenters. The molecule has 0 spiro atoms. The lowest BCUT2D eigenvalue weighted by Gasteiger charge is -2.14. The van der Waals surface area contributed by atoms with Gasteiger partial charge in [0.1, 0.15) is 17.2 Å². The Morgan fingerprint density at radius 1 is 0.607 bits per heavy atom. The molecule has 2 aromatic carbocycles. The van der Waals surface area contributed by atoms with Gasteiger partial charge in [0.2, 0.25) is 0 Å². The number of methoxy groups -OCH3 is 5. The van der Waals surface area contributed by atoms with Gasteiger partial charge in [0.05, 0.1) is 41.1 Å². The summed E-state index contributed by atoms with van der Waals surface area (Å²) < 4.78 is 25.9. The fraction of sp³-hybridized carbons (Fsp3) is 0.263. The predicted octanol–water partition coefficient (Wildman–Crippen LogP) is 1.80. The van der Waals surface area contributed by atoms with Crippen molar-refractivity contribution in [2.45, 2.75) is 0 Å². The van der Waals surface area contributed by atoms with E-state index in [9.17, 15) is 9.59 Å². The molecule has 2 rings (SSSR count). The Balaban J connectivity index is 2.19. The smallest absolute Gasteiger partial charge is 0.273 e. The molecule has 0 heterocycles. The molecule has 150 valence electrons. The molecule has 2 N–H and O–H groups in total. The fourth-order valence-electron chi connectivity index (χ4n) is 2.40. The zero-order valence-electron chi connectivity index (χ0n) is 16.2. The number of ether oxygens (including phenoxy) is 5. The first-order chi connectivity index (χ1) is 13.5. The van der Waals surface area contributed by atoms with Crippen molar-refractivity contribution in [1.82, 2.24) is 10.9 Å². The second-order valence-corrected chi connectivity index (χ2v) is 5.42. The lowest BCUT2D eigenvalue weighted by atomic mass is 10.1. The van der Waals surface area contributed by atoms with Crippen LogP contribution >= 0.6 is 0 Å². The maximum atomic E-state index is 12.5. The molecule has 9 heteroatoms. The minimum absolute atomic E-state index is 0.156. The van der Waals surface area contributed by atoms with E-state index in [-0.39, 0.29) is 16.9 Å². The number of carbonyl (C=O) groups excluding carboxylic acids is 2. The molecule has 0 aliphatic rings. The lowest BCUT2D eigenvalue weighted by molar-refractivity contribution is 0.0844. The van der Waals surface area contributed by atoms with E-state index in [1.165, 1.54) is 59.8 Å². The van der Waals surface area contributed by atoms with Gasteiger partial charge in [-0.25, -0.2) is 0 Å². The Bertz CT molecular complexity index is 845. The molecule has 9 nitrogen and oxygen atoms in total. The van der Waals surface area contributed by atoms with E-state index in [2.05, 4.69) is 10.9 Å². The van der Waals surface area contributed by atoms with E-state index in [4.69, 9.17) is 23.7 Å². The van der Waals surface area contributed by atoms with E-state index >= 15 is 0 Å². The molecular formula is C19H22N2O7. The van der Waals surface area contributed by atoms with Gasteiger partial charge in [-0.05, 0) is 12.1 Å². The summed E-state index contributed by atoms with van der Waals surface area (Å²) in [6.07, 6.45) is 0. The standard InChI is InChI=1S/C19H22N2O7/c1-24-12-6-11(7-13(8-12)25-2)18(22)20-21-19(23)14-9-16(27-4)17(28-5)10-15(14)26-3/h6-10H,1-5H3,(H,20,22)(H,21,23). The molecule has 0 aliphatic heterocycles. The first-order valence-corrected chi connectivity index (χ1v) is 8.11. The van der Waals surface area contributed by atoms with Gasteiger partial charge in [-0.1, -0.05) is 0 Å². The van der Waals surface area contributed by atoms with Crippen LogP contribution in [0.2, 0.25) is 0 Å². The molecule has 0 radical (unpaired) electrons. The fourth-order valence-corrected chi connectivity index (χ4v) is 2.40. The number of rotatable bonds is 7. The topological polar surface area (TPSA) is 104 Å². The van der Waals surface area contributed by atoms with Crippen molar-refractivity contribution >= 4 is 11.8 Å². The van der Waals surface area contributed by atoms with Crippen LogP contribution in [0.4, 0.5) is 0 Å². The summed E-state index contributed by atoms with van der Waals surface area (Å²) in [7, 11) is 7.28. The van der Waals surface area contributed by atoms with E-state index in [0.717, 1.165) is 0 Å². The average Bonchev–Trinajstić information content (AvgIpc) is 2.75. The van der Waals surface area contributed by atoms with Crippen LogP contribution in [0.25, 0.3) is 0 Å². The second kappa shape index (κ2) is 9.36. The number of carbonyl (C=O) groups is 2. The summed E-state index contributed by atoms with van der Waals surface area (Å²) in [5, 5.41) is 0. The molecule has 0 fully saturated rings. The van der Waals surface area contributed by atoms with Gasteiger partial charge >= 0.3 is 0 Å². The molecule has 0 aliphatic carbocycles. The van der Waals surface area contributed by atoms with Gasteiger partial charge in [0.25, 0.3) is 11.8 Å². The Labute approximate surface area is 162 Å². The minimum atomic E-state index is -0.596. The molecular weight excluding hydrogens is 368 g/mol. The average molecular weight is 390 g/mol. The number of hydrazine groups is 1. The first-order valence-electron chi connectivity index (χ1n) is 8.11. The Morgan fingerprint density at radius 3 is 1.61 bits per heavy atom. The van der Waals surface area contributed by atoms with Crippen molar-refractivity contribution in [1.29, 1.82) is 0 Å². The summed E-state index contributed by atoms with van der Waals surface area (Å²) in [4.78, 5) is 24.9. The van der Waals surface area contributed by atoms with Crippen molar-refractivity contribution < 1.29 is 33.3 Å². The van der Waals surface area contributed by atoms with Gasteiger partial charge in [0.15, 0.2) is 11.5 Å². The van der Waals surface area contributed by atoms with Crippen LogP contribution in [0.15, 0.2) is 30.3 Å². The molecule has 0 saturated heterocycles. The summed E-state index contributed by atoms with van der Waals surface area (Å²) in [6.45, 7) is 0. The summed E-state index contributed by atoms with van der Waals surface area (Å²) >= 11 is 0. The van der Waals surface area contributed by atoms with Crippen molar-refractivity contribution in [3.63, 3.8) is 0 Å². The van der Waals surface area contributed by atoms with Gasteiger partial charge in [-0.3, -0.25) is 20.4 Å². The third-order valence-electron chi connectivity index (χ3n) is 3.85. The first kappa shape index (κ1) is 20.7. The molecule has 2 aromatic rings. The van der Waals surface area contributed by atoms with Gasteiger partial charge < -0.3 is 23.7 Å².